The van der Waals surface area contributed by atoms with Crippen molar-refractivity contribution in [1.82, 2.24) is 5.16 Å². The quantitative estimate of drug-likeness (QED) is 0.863. The van der Waals surface area contributed by atoms with Gasteiger partial charge < -0.3 is 9.84 Å². The molecule has 0 aliphatic rings. The lowest BCUT2D eigenvalue weighted by atomic mass is 10.1. The summed E-state index contributed by atoms with van der Waals surface area (Å²) in [6, 6.07) is 5.89. The Labute approximate surface area is 99.6 Å². The summed E-state index contributed by atoms with van der Waals surface area (Å²) in [6.45, 7) is 5.66. The van der Waals surface area contributed by atoms with Gasteiger partial charge in [-0.2, -0.15) is 0 Å². The van der Waals surface area contributed by atoms with Gasteiger partial charge in [0.25, 0.3) is 5.91 Å². The number of amides is 1. The lowest BCUT2D eigenvalue weighted by Crippen LogP contribution is -2.14. The molecule has 0 saturated carbocycles. The Morgan fingerprint density at radius 3 is 2.41 bits per heavy atom. The maximum absolute atomic E-state index is 12.0. The third-order valence-corrected chi connectivity index (χ3v) is 2.71. The Bertz CT molecular complexity index is 538. The smallest absolute Gasteiger partial charge is 0.260 e. The molecule has 0 spiro atoms. The first-order chi connectivity index (χ1) is 8.09. The summed E-state index contributed by atoms with van der Waals surface area (Å²) < 4.78 is 4.75. The normalized spacial score (nSPS) is 10.3. The van der Waals surface area contributed by atoms with E-state index in [1.807, 2.05) is 32.0 Å². The maximum Gasteiger partial charge on any atom is 0.260 e. The number of aryl methyl sites for hydroxylation is 3. The molecule has 0 radical (unpaired) electrons. The molecule has 0 bridgehead atoms. The summed E-state index contributed by atoms with van der Waals surface area (Å²) in [4.78, 5) is 12.0. The summed E-state index contributed by atoms with van der Waals surface area (Å²) in [5.41, 5.74) is 3.97. The number of para-hydroxylation sites is 1. The van der Waals surface area contributed by atoms with Gasteiger partial charge in [-0.15, -0.1) is 0 Å². The Kier molecular flexibility index (Phi) is 2.95. The number of nitrogens with one attached hydrogen (secondary N) is 1. The SMILES string of the molecule is Cc1cccc(C)c1NC(=O)c1conc1C. The molecule has 0 atom stereocenters. The predicted molar refractivity (Wildman–Crippen MR) is 65.1 cm³/mol. The second-order valence-electron chi connectivity index (χ2n) is 4.03. The van der Waals surface area contributed by atoms with Crippen LogP contribution in [0.5, 0.6) is 0 Å². The van der Waals surface area contributed by atoms with E-state index in [1.165, 1.54) is 6.26 Å². The number of hydrogen-bond acceptors (Lipinski definition) is 3. The third kappa shape index (κ3) is 2.20. The van der Waals surface area contributed by atoms with Gasteiger partial charge in [0.05, 0.1) is 5.69 Å². The van der Waals surface area contributed by atoms with Gasteiger partial charge in [0.1, 0.15) is 11.8 Å². The summed E-state index contributed by atoms with van der Waals surface area (Å²) in [6.07, 6.45) is 1.36. The average molecular weight is 230 g/mol. The van der Waals surface area contributed by atoms with Crippen molar-refractivity contribution in [2.45, 2.75) is 20.8 Å². The lowest BCUT2D eigenvalue weighted by molar-refractivity contribution is 0.102. The number of anilines is 1. The number of nitrogens with zero attached hydrogens (tertiary/aromatic N) is 1. The van der Waals surface area contributed by atoms with E-state index in [4.69, 9.17) is 4.52 Å². The number of carbonyl (C=O) groups is 1. The highest BCUT2D eigenvalue weighted by Crippen LogP contribution is 2.20. The van der Waals surface area contributed by atoms with Crippen molar-refractivity contribution >= 4 is 11.6 Å². The van der Waals surface area contributed by atoms with Gasteiger partial charge >= 0.3 is 0 Å². The number of aromatic nitrogens is 1. The van der Waals surface area contributed by atoms with Gasteiger partial charge in [-0.25, -0.2) is 0 Å². The zero-order valence-electron chi connectivity index (χ0n) is 10.1. The molecule has 1 aromatic heterocycles. The van der Waals surface area contributed by atoms with Crippen molar-refractivity contribution < 1.29 is 9.32 Å². The summed E-state index contributed by atoms with van der Waals surface area (Å²) in [5.74, 6) is -0.193. The largest absolute Gasteiger partial charge is 0.364 e. The molecule has 4 heteroatoms. The highest BCUT2D eigenvalue weighted by Gasteiger charge is 2.14. The van der Waals surface area contributed by atoms with E-state index in [9.17, 15) is 4.79 Å². The minimum atomic E-state index is -0.193. The highest BCUT2D eigenvalue weighted by atomic mass is 16.5. The van der Waals surface area contributed by atoms with E-state index in [-0.39, 0.29) is 5.91 Å². The molecule has 1 aromatic carbocycles. The van der Waals surface area contributed by atoms with Crippen LogP contribution in [0.2, 0.25) is 0 Å². The van der Waals surface area contributed by atoms with Crippen molar-refractivity contribution in [3.63, 3.8) is 0 Å². The molecule has 0 aliphatic heterocycles. The predicted octanol–water partition coefficient (Wildman–Crippen LogP) is 2.85. The number of hydrogen-bond donors (Lipinski definition) is 1. The van der Waals surface area contributed by atoms with Crippen LogP contribution in [0.1, 0.15) is 27.2 Å². The van der Waals surface area contributed by atoms with E-state index >= 15 is 0 Å². The second-order valence-corrected chi connectivity index (χ2v) is 4.03. The zero-order valence-corrected chi connectivity index (χ0v) is 10.1. The fraction of sp³-hybridized carbons (Fsp3) is 0.231. The molecule has 0 fully saturated rings. The first-order valence-electron chi connectivity index (χ1n) is 5.38. The molecule has 0 saturated heterocycles. The van der Waals surface area contributed by atoms with E-state index in [2.05, 4.69) is 10.5 Å². The topological polar surface area (TPSA) is 55.1 Å². The van der Waals surface area contributed by atoms with Crippen molar-refractivity contribution in [1.29, 1.82) is 0 Å². The second kappa shape index (κ2) is 4.41. The van der Waals surface area contributed by atoms with E-state index < -0.39 is 0 Å². The fourth-order valence-corrected chi connectivity index (χ4v) is 1.70. The van der Waals surface area contributed by atoms with Crippen LogP contribution in [-0.4, -0.2) is 11.1 Å². The molecule has 0 unspecified atom stereocenters. The van der Waals surface area contributed by atoms with Crippen LogP contribution in [0.4, 0.5) is 5.69 Å². The van der Waals surface area contributed by atoms with Crippen LogP contribution in [0.15, 0.2) is 29.0 Å². The van der Waals surface area contributed by atoms with Gasteiger partial charge in [0.2, 0.25) is 0 Å². The van der Waals surface area contributed by atoms with Gasteiger partial charge in [0.15, 0.2) is 0 Å². The van der Waals surface area contributed by atoms with Gasteiger partial charge in [0, 0.05) is 5.69 Å². The summed E-state index contributed by atoms with van der Waals surface area (Å²) in [5, 5.41) is 6.57. The third-order valence-electron chi connectivity index (χ3n) is 2.71. The molecule has 2 rings (SSSR count). The van der Waals surface area contributed by atoms with Crippen LogP contribution in [0, 0.1) is 20.8 Å². The van der Waals surface area contributed by atoms with E-state index in [0.717, 1.165) is 16.8 Å². The first kappa shape index (κ1) is 11.4. The minimum absolute atomic E-state index is 0.193. The Morgan fingerprint density at radius 2 is 1.88 bits per heavy atom. The molecule has 88 valence electrons. The molecule has 1 heterocycles. The van der Waals surface area contributed by atoms with Gasteiger partial charge in [-0.05, 0) is 31.9 Å². The highest BCUT2D eigenvalue weighted by molar-refractivity contribution is 6.05. The standard InChI is InChI=1S/C13H14N2O2/c1-8-5-4-6-9(2)12(8)14-13(16)11-7-17-15-10(11)3/h4-7H,1-3H3,(H,14,16). The minimum Gasteiger partial charge on any atom is -0.364 e. The van der Waals surface area contributed by atoms with Crippen molar-refractivity contribution in [2.24, 2.45) is 0 Å². The Morgan fingerprint density at radius 1 is 1.24 bits per heavy atom. The van der Waals surface area contributed by atoms with Crippen molar-refractivity contribution in [3.8, 4) is 0 Å². The van der Waals surface area contributed by atoms with Crippen LogP contribution in [0.25, 0.3) is 0 Å². The number of rotatable bonds is 2. The van der Waals surface area contributed by atoms with Crippen LogP contribution >= 0.6 is 0 Å². The molecule has 1 N–H and O–H groups in total. The Hall–Kier alpha value is -2.10. The monoisotopic (exact) mass is 230 g/mol. The van der Waals surface area contributed by atoms with Crippen molar-refractivity contribution in [2.75, 3.05) is 5.32 Å². The van der Waals surface area contributed by atoms with E-state index in [0.29, 0.717) is 11.3 Å². The molecular weight excluding hydrogens is 216 g/mol. The number of benzene rings is 1. The molecule has 17 heavy (non-hydrogen) atoms. The number of carbonyl (C=O) groups excluding carboxylic acids is 1. The zero-order chi connectivity index (χ0) is 12.4. The fourth-order valence-electron chi connectivity index (χ4n) is 1.70. The van der Waals surface area contributed by atoms with Crippen molar-refractivity contribution in [3.05, 3.63) is 46.8 Å². The van der Waals surface area contributed by atoms with E-state index in [1.54, 1.807) is 6.92 Å². The molecule has 1 amide bonds. The Balaban J connectivity index is 2.28. The molecule has 0 aliphatic carbocycles. The summed E-state index contributed by atoms with van der Waals surface area (Å²) >= 11 is 0. The van der Waals surface area contributed by atoms with Gasteiger partial charge in [-0.1, -0.05) is 23.4 Å². The van der Waals surface area contributed by atoms with Crippen LogP contribution in [0.3, 0.4) is 0 Å². The van der Waals surface area contributed by atoms with Crippen LogP contribution in [-0.2, 0) is 0 Å². The van der Waals surface area contributed by atoms with Crippen LogP contribution < -0.4 is 5.32 Å². The maximum atomic E-state index is 12.0. The van der Waals surface area contributed by atoms with Gasteiger partial charge in [-0.3, -0.25) is 4.79 Å². The molecule has 4 nitrogen and oxygen atoms in total. The lowest BCUT2D eigenvalue weighted by Gasteiger charge is -2.10. The first-order valence-corrected chi connectivity index (χ1v) is 5.38. The summed E-state index contributed by atoms with van der Waals surface area (Å²) in [7, 11) is 0. The average Bonchev–Trinajstić information content (AvgIpc) is 2.70. The molecular formula is C13H14N2O2. The molecule has 2 aromatic rings.